The predicted octanol–water partition coefficient (Wildman–Crippen LogP) is 3.71. The number of hydrogen-bond donors (Lipinski definition) is 0. The van der Waals surface area contributed by atoms with E-state index in [1.54, 1.807) is 11.3 Å². The molecule has 0 saturated carbocycles. The minimum Gasteiger partial charge on any atom is -0.149 e. The van der Waals surface area contributed by atoms with Gasteiger partial charge in [-0.05, 0) is 30.0 Å². The molecule has 0 nitrogen and oxygen atoms in total. The molecule has 1 heterocycles. The van der Waals surface area contributed by atoms with Crippen molar-refractivity contribution in [2.45, 2.75) is 6.92 Å². The second-order valence-electron chi connectivity index (χ2n) is 3.48. The maximum atomic E-state index is 6.05. The number of rotatable bonds is 3. The first kappa shape index (κ1) is 11.5. The van der Waals surface area contributed by atoms with E-state index < -0.39 is 0 Å². The van der Waals surface area contributed by atoms with Crippen LogP contribution in [0.25, 0.3) is 6.08 Å². The Hall–Kier alpha value is -0.985. The first-order valence-electron chi connectivity index (χ1n) is 5.07. The van der Waals surface area contributed by atoms with Gasteiger partial charge in [0.2, 0.25) is 0 Å². The van der Waals surface area contributed by atoms with Crippen molar-refractivity contribution in [3.8, 4) is 0 Å². The third-order valence-corrected chi connectivity index (χ3v) is 3.56. The lowest BCUT2D eigenvalue weighted by Gasteiger charge is -1.97. The van der Waals surface area contributed by atoms with Crippen molar-refractivity contribution in [3.63, 3.8) is 0 Å². The molecular formula is C13H11BClS. The second kappa shape index (κ2) is 5.38. The molecule has 0 aliphatic heterocycles. The van der Waals surface area contributed by atoms with Crippen LogP contribution in [0.4, 0.5) is 0 Å². The number of thiophene rings is 1. The summed E-state index contributed by atoms with van der Waals surface area (Å²) in [5.41, 5.74) is 2.32. The van der Waals surface area contributed by atoms with Gasteiger partial charge < -0.3 is 0 Å². The Morgan fingerprint density at radius 2 is 2.06 bits per heavy atom. The van der Waals surface area contributed by atoms with Gasteiger partial charge in [-0.25, -0.2) is 0 Å². The predicted molar refractivity (Wildman–Crippen MR) is 74.9 cm³/mol. The van der Waals surface area contributed by atoms with Gasteiger partial charge in [-0.2, -0.15) is 0 Å². The van der Waals surface area contributed by atoms with Gasteiger partial charge in [-0.15, -0.1) is 17.3 Å². The molecule has 0 bridgehead atoms. The van der Waals surface area contributed by atoms with E-state index in [1.165, 1.54) is 10.4 Å². The fourth-order valence-corrected chi connectivity index (χ4v) is 2.32. The Bertz CT molecular complexity index is 502. The van der Waals surface area contributed by atoms with E-state index in [0.29, 0.717) is 0 Å². The Morgan fingerprint density at radius 1 is 1.25 bits per heavy atom. The van der Waals surface area contributed by atoms with Crippen LogP contribution in [0.5, 0.6) is 0 Å². The van der Waals surface area contributed by atoms with Crippen LogP contribution in [-0.4, -0.2) is 7.28 Å². The van der Waals surface area contributed by atoms with Gasteiger partial charge in [0.15, 0.2) is 7.28 Å². The fraction of sp³-hybridized carbons (Fsp3) is 0.0769. The lowest BCUT2D eigenvalue weighted by atomic mass is 9.70. The molecule has 3 heteroatoms. The van der Waals surface area contributed by atoms with Crippen molar-refractivity contribution in [1.82, 2.24) is 0 Å². The van der Waals surface area contributed by atoms with E-state index in [9.17, 15) is 0 Å². The van der Waals surface area contributed by atoms with Crippen LogP contribution in [0.3, 0.4) is 0 Å². The van der Waals surface area contributed by atoms with Crippen molar-refractivity contribution >= 4 is 41.8 Å². The summed E-state index contributed by atoms with van der Waals surface area (Å²) in [5.74, 6) is 2.04. The fourth-order valence-electron chi connectivity index (χ4n) is 1.43. The molecule has 0 amide bonds. The highest BCUT2D eigenvalue weighted by molar-refractivity contribution is 7.10. The van der Waals surface area contributed by atoms with Crippen LogP contribution in [0, 0.1) is 6.92 Å². The summed E-state index contributed by atoms with van der Waals surface area (Å²) in [6, 6.07) is 9.95. The highest BCUT2D eigenvalue weighted by Crippen LogP contribution is 2.16. The highest BCUT2D eigenvalue weighted by atomic mass is 35.5. The molecule has 0 atom stereocenters. The first-order chi connectivity index (χ1) is 7.77. The Balaban J connectivity index is 2.06. The van der Waals surface area contributed by atoms with Crippen LogP contribution in [-0.2, 0) is 0 Å². The van der Waals surface area contributed by atoms with E-state index in [2.05, 4.69) is 24.4 Å². The van der Waals surface area contributed by atoms with E-state index in [-0.39, 0.29) is 0 Å². The molecule has 0 unspecified atom stereocenters. The van der Waals surface area contributed by atoms with Crippen LogP contribution < -0.4 is 5.46 Å². The van der Waals surface area contributed by atoms with Gasteiger partial charge in [-0.3, -0.25) is 0 Å². The minimum atomic E-state index is 0.786. The van der Waals surface area contributed by atoms with Crippen molar-refractivity contribution in [2.24, 2.45) is 0 Å². The van der Waals surface area contributed by atoms with E-state index in [0.717, 1.165) is 10.5 Å². The van der Waals surface area contributed by atoms with Crippen LogP contribution in [0.15, 0.2) is 41.7 Å². The van der Waals surface area contributed by atoms with E-state index in [4.69, 9.17) is 11.6 Å². The SMILES string of the molecule is Cc1sccc1C=C[B]c1ccccc1Cl. The van der Waals surface area contributed by atoms with Crippen LogP contribution in [0.1, 0.15) is 10.4 Å². The van der Waals surface area contributed by atoms with E-state index >= 15 is 0 Å². The summed E-state index contributed by atoms with van der Waals surface area (Å²) in [5, 5.41) is 2.89. The molecule has 0 aliphatic carbocycles. The standard InChI is InChI=1S/C13H11BClS/c1-10-11(7-9-16-10)6-8-14-12-4-2-3-5-13(12)15/h2-9H,1H3. The largest absolute Gasteiger partial charge is 0.183 e. The molecule has 2 rings (SSSR count). The minimum absolute atomic E-state index is 0.786. The monoisotopic (exact) mass is 245 g/mol. The summed E-state index contributed by atoms with van der Waals surface area (Å²) in [7, 11) is 2.03. The zero-order chi connectivity index (χ0) is 11.4. The van der Waals surface area contributed by atoms with Crippen molar-refractivity contribution in [3.05, 3.63) is 57.2 Å². The summed E-state index contributed by atoms with van der Waals surface area (Å²) < 4.78 is 0. The molecule has 1 aromatic heterocycles. The maximum absolute atomic E-state index is 6.05. The van der Waals surface area contributed by atoms with Crippen LogP contribution >= 0.6 is 22.9 Å². The average molecular weight is 246 g/mol. The molecule has 0 saturated heterocycles. The van der Waals surface area contributed by atoms with Gasteiger partial charge in [0, 0.05) is 9.90 Å². The topological polar surface area (TPSA) is 0 Å². The van der Waals surface area contributed by atoms with Crippen LogP contribution in [0.2, 0.25) is 5.02 Å². The third-order valence-electron chi connectivity index (χ3n) is 2.36. The van der Waals surface area contributed by atoms with Crippen molar-refractivity contribution < 1.29 is 0 Å². The number of halogens is 1. The van der Waals surface area contributed by atoms with E-state index in [1.807, 2.05) is 37.5 Å². The van der Waals surface area contributed by atoms with Gasteiger partial charge in [-0.1, -0.05) is 41.3 Å². The first-order valence-corrected chi connectivity index (χ1v) is 6.33. The molecule has 79 valence electrons. The highest BCUT2D eigenvalue weighted by Gasteiger charge is 1.98. The molecule has 2 aromatic rings. The van der Waals surface area contributed by atoms with Crippen molar-refractivity contribution in [2.75, 3.05) is 0 Å². The number of benzene rings is 1. The number of aryl methyl sites for hydroxylation is 1. The zero-order valence-corrected chi connectivity index (χ0v) is 10.6. The molecular weight excluding hydrogens is 234 g/mol. The third kappa shape index (κ3) is 2.78. The second-order valence-corrected chi connectivity index (χ2v) is 5.01. The normalized spacial score (nSPS) is 10.9. The van der Waals surface area contributed by atoms with Gasteiger partial charge in [0.25, 0.3) is 0 Å². The molecule has 0 fully saturated rings. The molecule has 0 N–H and O–H groups in total. The maximum Gasteiger partial charge on any atom is 0.183 e. The molecule has 0 spiro atoms. The Labute approximate surface area is 106 Å². The Morgan fingerprint density at radius 3 is 2.75 bits per heavy atom. The summed E-state index contributed by atoms with van der Waals surface area (Å²) in [6.45, 7) is 2.12. The smallest absolute Gasteiger partial charge is 0.149 e. The average Bonchev–Trinajstić information content (AvgIpc) is 2.67. The lowest BCUT2D eigenvalue weighted by Crippen LogP contribution is -2.12. The number of hydrogen-bond acceptors (Lipinski definition) is 1. The van der Waals surface area contributed by atoms with Gasteiger partial charge >= 0.3 is 0 Å². The summed E-state index contributed by atoms with van der Waals surface area (Å²) >= 11 is 7.82. The molecule has 1 aromatic carbocycles. The lowest BCUT2D eigenvalue weighted by molar-refractivity contribution is 1.60. The van der Waals surface area contributed by atoms with Gasteiger partial charge in [0.1, 0.15) is 0 Å². The zero-order valence-electron chi connectivity index (χ0n) is 8.98. The quantitative estimate of drug-likeness (QED) is 0.723. The summed E-state index contributed by atoms with van der Waals surface area (Å²) in [6.07, 6.45) is 2.11. The Kier molecular flexibility index (Phi) is 3.86. The summed E-state index contributed by atoms with van der Waals surface area (Å²) in [4.78, 5) is 1.34. The molecule has 1 radical (unpaired) electrons. The molecule has 16 heavy (non-hydrogen) atoms. The van der Waals surface area contributed by atoms with Crippen molar-refractivity contribution in [1.29, 1.82) is 0 Å². The van der Waals surface area contributed by atoms with Gasteiger partial charge in [0.05, 0.1) is 0 Å². The molecule has 0 aliphatic rings.